The highest BCUT2D eigenvalue weighted by molar-refractivity contribution is 5.67. The van der Waals surface area contributed by atoms with Gasteiger partial charge in [0.1, 0.15) is 5.75 Å². The highest BCUT2D eigenvalue weighted by atomic mass is 16.5. The van der Waals surface area contributed by atoms with Crippen LogP contribution in [0, 0.1) is 0 Å². The molecule has 0 bridgehead atoms. The van der Waals surface area contributed by atoms with E-state index in [9.17, 15) is 4.79 Å². The Labute approximate surface area is 102 Å². The summed E-state index contributed by atoms with van der Waals surface area (Å²) in [6.45, 7) is 3.45. The smallest absolute Gasteiger partial charge is 0.305 e. The van der Waals surface area contributed by atoms with Gasteiger partial charge < -0.3 is 14.7 Å². The summed E-state index contributed by atoms with van der Waals surface area (Å²) in [5.41, 5.74) is 1.01. The van der Waals surface area contributed by atoms with E-state index in [0.29, 0.717) is 6.54 Å². The van der Waals surface area contributed by atoms with Crippen molar-refractivity contribution in [3.8, 4) is 5.75 Å². The van der Waals surface area contributed by atoms with Crippen LogP contribution in [-0.2, 0) is 4.79 Å². The van der Waals surface area contributed by atoms with E-state index in [1.807, 2.05) is 24.3 Å². The van der Waals surface area contributed by atoms with Crippen molar-refractivity contribution in [2.75, 3.05) is 25.1 Å². The lowest BCUT2D eigenvalue weighted by Crippen LogP contribution is -2.26. The van der Waals surface area contributed by atoms with E-state index in [4.69, 9.17) is 9.84 Å². The molecule has 1 aromatic carbocycles. The second kappa shape index (κ2) is 6.78. The van der Waals surface area contributed by atoms with Gasteiger partial charge in [-0.2, -0.15) is 0 Å². The molecule has 0 atom stereocenters. The number of ether oxygens (including phenoxy) is 1. The molecule has 0 aliphatic carbocycles. The molecule has 1 aromatic rings. The molecule has 4 heteroatoms. The van der Waals surface area contributed by atoms with Gasteiger partial charge in [-0.25, -0.2) is 0 Å². The summed E-state index contributed by atoms with van der Waals surface area (Å²) < 4.78 is 5.17. The minimum atomic E-state index is -0.769. The van der Waals surface area contributed by atoms with E-state index in [-0.39, 0.29) is 6.42 Å². The molecule has 1 rings (SSSR count). The molecule has 94 valence electrons. The van der Waals surface area contributed by atoms with Crippen molar-refractivity contribution in [2.45, 2.75) is 19.8 Å². The number of rotatable bonds is 7. The normalized spacial score (nSPS) is 10.0. The molecule has 0 fully saturated rings. The van der Waals surface area contributed by atoms with Crippen LogP contribution < -0.4 is 9.64 Å². The first-order valence-electron chi connectivity index (χ1n) is 5.78. The fourth-order valence-corrected chi connectivity index (χ4v) is 1.68. The number of benzene rings is 1. The number of carboxylic acids is 1. The Morgan fingerprint density at radius 1 is 1.41 bits per heavy atom. The maximum Gasteiger partial charge on any atom is 0.305 e. The number of carboxylic acid groups (broad SMARTS) is 1. The molecule has 0 radical (unpaired) electrons. The molecule has 4 nitrogen and oxygen atoms in total. The third kappa shape index (κ3) is 4.34. The number of methoxy groups -OCH3 is 1. The molecule has 0 aliphatic rings. The monoisotopic (exact) mass is 237 g/mol. The highest BCUT2D eigenvalue weighted by Crippen LogP contribution is 2.21. The standard InChI is InChI=1S/C13H19NO3/c1-3-8-14(9-7-13(15)16)11-5-4-6-12(10-11)17-2/h4-6,10H,3,7-9H2,1-2H3,(H,15,16). The summed E-state index contributed by atoms with van der Waals surface area (Å²) in [7, 11) is 1.63. The second-order valence-corrected chi connectivity index (χ2v) is 3.83. The maximum absolute atomic E-state index is 10.6. The maximum atomic E-state index is 10.6. The van der Waals surface area contributed by atoms with Crippen LogP contribution in [-0.4, -0.2) is 31.3 Å². The van der Waals surface area contributed by atoms with Crippen LogP contribution in [0.15, 0.2) is 24.3 Å². The van der Waals surface area contributed by atoms with E-state index < -0.39 is 5.97 Å². The third-order valence-electron chi connectivity index (χ3n) is 2.51. The van der Waals surface area contributed by atoms with Crippen molar-refractivity contribution in [1.82, 2.24) is 0 Å². The predicted molar refractivity (Wildman–Crippen MR) is 67.8 cm³/mol. The minimum absolute atomic E-state index is 0.150. The van der Waals surface area contributed by atoms with Gasteiger partial charge in [-0.1, -0.05) is 13.0 Å². The number of anilines is 1. The SMILES string of the molecule is CCCN(CCC(=O)O)c1cccc(OC)c1. The van der Waals surface area contributed by atoms with Gasteiger partial charge in [0.05, 0.1) is 13.5 Å². The minimum Gasteiger partial charge on any atom is -0.497 e. The Kier molecular flexibility index (Phi) is 5.33. The van der Waals surface area contributed by atoms with Gasteiger partial charge >= 0.3 is 5.97 Å². The molecule has 0 aliphatic heterocycles. The highest BCUT2D eigenvalue weighted by Gasteiger charge is 2.08. The lowest BCUT2D eigenvalue weighted by Gasteiger charge is -2.23. The predicted octanol–water partition coefficient (Wildman–Crippen LogP) is 2.39. The zero-order chi connectivity index (χ0) is 12.7. The molecule has 17 heavy (non-hydrogen) atoms. The van der Waals surface area contributed by atoms with Gasteiger partial charge in [-0.15, -0.1) is 0 Å². The number of aliphatic carboxylic acids is 1. The fourth-order valence-electron chi connectivity index (χ4n) is 1.68. The molecular weight excluding hydrogens is 218 g/mol. The zero-order valence-corrected chi connectivity index (χ0v) is 10.3. The van der Waals surface area contributed by atoms with E-state index in [1.54, 1.807) is 7.11 Å². The molecule has 0 unspecified atom stereocenters. The molecule has 0 saturated carbocycles. The van der Waals surface area contributed by atoms with Crippen molar-refractivity contribution in [3.05, 3.63) is 24.3 Å². The van der Waals surface area contributed by atoms with Gasteiger partial charge in [0.25, 0.3) is 0 Å². The Hall–Kier alpha value is -1.71. The Bertz CT molecular complexity index is 365. The number of carbonyl (C=O) groups is 1. The quantitative estimate of drug-likeness (QED) is 0.791. The Morgan fingerprint density at radius 3 is 2.76 bits per heavy atom. The number of nitrogens with zero attached hydrogens (tertiary/aromatic N) is 1. The Morgan fingerprint density at radius 2 is 2.18 bits per heavy atom. The van der Waals surface area contributed by atoms with Gasteiger partial charge in [0, 0.05) is 24.8 Å². The summed E-state index contributed by atoms with van der Waals surface area (Å²) in [5.74, 6) is 0.0212. The van der Waals surface area contributed by atoms with Gasteiger partial charge in [-0.05, 0) is 18.6 Å². The first-order chi connectivity index (χ1) is 8.17. The second-order valence-electron chi connectivity index (χ2n) is 3.83. The molecule has 0 heterocycles. The van der Waals surface area contributed by atoms with Gasteiger partial charge in [-0.3, -0.25) is 4.79 Å². The molecule has 0 saturated heterocycles. The van der Waals surface area contributed by atoms with Gasteiger partial charge in [0.2, 0.25) is 0 Å². The van der Waals surface area contributed by atoms with Crippen LogP contribution in [0.3, 0.4) is 0 Å². The Balaban J connectivity index is 2.76. The van der Waals surface area contributed by atoms with E-state index in [1.165, 1.54) is 0 Å². The zero-order valence-electron chi connectivity index (χ0n) is 10.3. The topological polar surface area (TPSA) is 49.8 Å². The van der Waals surface area contributed by atoms with Crippen molar-refractivity contribution in [3.63, 3.8) is 0 Å². The van der Waals surface area contributed by atoms with Crippen molar-refractivity contribution >= 4 is 11.7 Å². The van der Waals surface area contributed by atoms with Crippen LogP contribution >= 0.6 is 0 Å². The summed E-state index contributed by atoms with van der Waals surface area (Å²) >= 11 is 0. The molecule has 0 aromatic heterocycles. The van der Waals surface area contributed by atoms with Crippen LogP contribution in [0.1, 0.15) is 19.8 Å². The third-order valence-corrected chi connectivity index (χ3v) is 2.51. The average Bonchev–Trinajstić information content (AvgIpc) is 2.34. The summed E-state index contributed by atoms with van der Waals surface area (Å²) in [6.07, 6.45) is 1.13. The number of hydrogen-bond acceptors (Lipinski definition) is 3. The molecular formula is C13H19NO3. The summed E-state index contributed by atoms with van der Waals surface area (Å²) in [4.78, 5) is 12.7. The first-order valence-corrected chi connectivity index (χ1v) is 5.78. The van der Waals surface area contributed by atoms with Crippen molar-refractivity contribution in [1.29, 1.82) is 0 Å². The largest absolute Gasteiger partial charge is 0.497 e. The first kappa shape index (κ1) is 13.4. The van der Waals surface area contributed by atoms with E-state index in [0.717, 1.165) is 24.4 Å². The van der Waals surface area contributed by atoms with Crippen LogP contribution in [0.5, 0.6) is 5.75 Å². The molecule has 1 N–H and O–H groups in total. The van der Waals surface area contributed by atoms with Crippen molar-refractivity contribution in [2.24, 2.45) is 0 Å². The fraction of sp³-hybridized carbons (Fsp3) is 0.462. The van der Waals surface area contributed by atoms with Crippen LogP contribution in [0.2, 0.25) is 0 Å². The lowest BCUT2D eigenvalue weighted by atomic mass is 10.2. The van der Waals surface area contributed by atoms with Gasteiger partial charge in [0.15, 0.2) is 0 Å². The molecule has 0 spiro atoms. The number of hydrogen-bond donors (Lipinski definition) is 1. The van der Waals surface area contributed by atoms with Crippen LogP contribution in [0.4, 0.5) is 5.69 Å². The summed E-state index contributed by atoms with van der Waals surface area (Å²) in [6, 6.07) is 7.69. The van der Waals surface area contributed by atoms with E-state index in [2.05, 4.69) is 11.8 Å². The van der Waals surface area contributed by atoms with Crippen molar-refractivity contribution < 1.29 is 14.6 Å². The van der Waals surface area contributed by atoms with Crippen LogP contribution in [0.25, 0.3) is 0 Å². The lowest BCUT2D eigenvalue weighted by molar-refractivity contribution is -0.136. The summed E-state index contributed by atoms with van der Waals surface area (Å²) in [5, 5.41) is 8.73. The van der Waals surface area contributed by atoms with E-state index >= 15 is 0 Å². The molecule has 0 amide bonds. The average molecular weight is 237 g/mol.